The van der Waals surface area contributed by atoms with Crippen molar-refractivity contribution in [2.75, 3.05) is 49.5 Å². The van der Waals surface area contributed by atoms with Crippen LogP contribution in [0, 0.1) is 5.92 Å². The number of para-hydroxylation sites is 1. The number of benzene rings is 1. The van der Waals surface area contributed by atoms with Gasteiger partial charge in [0, 0.05) is 38.6 Å². The Morgan fingerprint density at radius 3 is 2.57 bits per heavy atom. The molecule has 1 aliphatic heterocycles. The Balaban J connectivity index is 1.14. The summed E-state index contributed by atoms with van der Waals surface area (Å²) < 4.78 is 0. The number of carbonyl (C=O) groups is 2. The lowest BCUT2D eigenvalue weighted by atomic mass is 10.2. The fourth-order valence-electron chi connectivity index (χ4n) is 3.61. The molecule has 2 fully saturated rings. The number of hydrogen-bond donors (Lipinski definition) is 2. The average molecular weight is 447 g/mol. The lowest BCUT2D eigenvalue weighted by Crippen LogP contribution is -2.47. The predicted octanol–water partition coefficient (Wildman–Crippen LogP) is 3.69. The molecular weight excluding hydrogens is 420 g/mol. The Labute approximate surface area is 186 Å². The molecule has 8 heteroatoms. The molecule has 1 aromatic heterocycles. The molecule has 1 saturated carbocycles. The third kappa shape index (κ3) is 5.53. The van der Waals surface area contributed by atoms with Crippen LogP contribution < -0.4 is 15.5 Å². The Kier molecular flexibility index (Phi) is 6.92. The topological polar surface area (TPSA) is 64.7 Å². The maximum absolute atomic E-state index is 12.3. The third-order valence-electron chi connectivity index (χ3n) is 5.53. The molecular formula is C22H27ClN4O2S. The van der Waals surface area contributed by atoms with Crippen molar-refractivity contribution in [3.63, 3.8) is 0 Å². The van der Waals surface area contributed by atoms with E-state index in [4.69, 9.17) is 11.6 Å². The van der Waals surface area contributed by atoms with Gasteiger partial charge in [-0.05, 0) is 50.1 Å². The van der Waals surface area contributed by atoms with E-state index in [1.54, 1.807) is 12.1 Å². The largest absolute Gasteiger partial charge is 0.368 e. The monoisotopic (exact) mass is 446 g/mol. The standard InChI is InChI=1S/C22H27ClN4O2S/c23-17-4-1-2-5-18(17)27-14-12-26(13-15-27)11-3-10-24-22(29)19-8-9-20(30-19)25-21(28)16-6-7-16/h1-2,4-5,8-9,16H,3,6-7,10-15H2,(H,24,29)(H,25,28). The van der Waals surface area contributed by atoms with E-state index in [0.717, 1.165) is 67.7 Å². The van der Waals surface area contributed by atoms with Crippen LogP contribution in [0.3, 0.4) is 0 Å². The molecule has 160 valence electrons. The third-order valence-corrected chi connectivity index (χ3v) is 6.85. The Morgan fingerprint density at radius 1 is 1.07 bits per heavy atom. The van der Waals surface area contributed by atoms with Crippen molar-refractivity contribution >= 4 is 45.4 Å². The number of hydrogen-bond acceptors (Lipinski definition) is 5. The van der Waals surface area contributed by atoms with Crippen LogP contribution in [0.2, 0.25) is 5.02 Å². The second-order valence-corrected chi connectivity index (χ2v) is 9.31. The van der Waals surface area contributed by atoms with E-state index in [9.17, 15) is 9.59 Å². The quantitative estimate of drug-likeness (QED) is 0.607. The summed E-state index contributed by atoms with van der Waals surface area (Å²) in [6.07, 6.45) is 2.85. The first-order valence-electron chi connectivity index (χ1n) is 10.5. The first-order valence-corrected chi connectivity index (χ1v) is 11.7. The Morgan fingerprint density at radius 2 is 1.83 bits per heavy atom. The summed E-state index contributed by atoms with van der Waals surface area (Å²) in [6, 6.07) is 11.6. The van der Waals surface area contributed by atoms with Gasteiger partial charge in [-0.1, -0.05) is 23.7 Å². The number of rotatable bonds is 8. The van der Waals surface area contributed by atoms with Crippen LogP contribution >= 0.6 is 22.9 Å². The van der Waals surface area contributed by atoms with Crippen molar-refractivity contribution < 1.29 is 9.59 Å². The van der Waals surface area contributed by atoms with E-state index in [0.29, 0.717) is 11.4 Å². The average Bonchev–Trinajstić information content (AvgIpc) is 3.51. The van der Waals surface area contributed by atoms with Crippen LogP contribution in [-0.4, -0.2) is 56.0 Å². The van der Waals surface area contributed by atoms with E-state index in [-0.39, 0.29) is 17.7 Å². The number of nitrogens with one attached hydrogen (secondary N) is 2. The second-order valence-electron chi connectivity index (χ2n) is 7.82. The van der Waals surface area contributed by atoms with Crippen LogP contribution in [0.4, 0.5) is 10.7 Å². The van der Waals surface area contributed by atoms with E-state index >= 15 is 0 Å². The van der Waals surface area contributed by atoms with Gasteiger partial charge < -0.3 is 15.5 Å². The van der Waals surface area contributed by atoms with Gasteiger partial charge >= 0.3 is 0 Å². The number of piperazine rings is 1. The molecule has 2 heterocycles. The number of carbonyl (C=O) groups excluding carboxylic acids is 2. The summed E-state index contributed by atoms with van der Waals surface area (Å²) in [4.78, 5) is 29.5. The Hall–Kier alpha value is -2.09. The van der Waals surface area contributed by atoms with Crippen molar-refractivity contribution in [2.45, 2.75) is 19.3 Å². The van der Waals surface area contributed by atoms with Crippen LogP contribution in [0.25, 0.3) is 0 Å². The fraction of sp³-hybridized carbons (Fsp3) is 0.455. The first kappa shape index (κ1) is 21.2. The van der Waals surface area contributed by atoms with E-state index < -0.39 is 0 Å². The van der Waals surface area contributed by atoms with Gasteiger partial charge in [0.25, 0.3) is 5.91 Å². The van der Waals surface area contributed by atoms with Crippen LogP contribution in [0.15, 0.2) is 36.4 Å². The molecule has 2 aliphatic rings. The van der Waals surface area contributed by atoms with Crippen LogP contribution in [0.1, 0.15) is 28.9 Å². The highest BCUT2D eigenvalue weighted by Crippen LogP contribution is 2.31. The zero-order valence-electron chi connectivity index (χ0n) is 16.9. The summed E-state index contributed by atoms with van der Waals surface area (Å²) >= 11 is 7.63. The van der Waals surface area contributed by atoms with Crippen molar-refractivity contribution in [2.24, 2.45) is 5.92 Å². The summed E-state index contributed by atoms with van der Waals surface area (Å²) in [5, 5.41) is 7.42. The van der Waals surface area contributed by atoms with Crippen LogP contribution in [0.5, 0.6) is 0 Å². The molecule has 2 N–H and O–H groups in total. The SMILES string of the molecule is O=C(NCCCN1CCN(c2ccccc2Cl)CC1)c1ccc(NC(=O)C2CC2)s1. The first-order chi connectivity index (χ1) is 14.6. The normalized spacial score (nSPS) is 17.0. The highest BCUT2D eigenvalue weighted by molar-refractivity contribution is 7.18. The minimum Gasteiger partial charge on any atom is -0.368 e. The van der Waals surface area contributed by atoms with E-state index in [1.807, 2.05) is 18.2 Å². The van der Waals surface area contributed by atoms with Crippen LogP contribution in [-0.2, 0) is 4.79 Å². The fourth-order valence-corrected chi connectivity index (χ4v) is 4.69. The highest BCUT2D eigenvalue weighted by atomic mass is 35.5. The van der Waals surface area contributed by atoms with Gasteiger partial charge in [-0.3, -0.25) is 14.5 Å². The zero-order chi connectivity index (χ0) is 20.9. The summed E-state index contributed by atoms with van der Waals surface area (Å²) in [5.74, 6) is 0.157. The molecule has 1 aromatic carbocycles. The molecule has 30 heavy (non-hydrogen) atoms. The van der Waals surface area contributed by atoms with Gasteiger partial charge in [-0.2, -0.15) is 0 Å². The van der Waals surface area contributed by atoms with Gasteiger partial charge in [0.05, 0.1) is 20.6 Å². The van der Waals surface area contributed by atoms with Gasteiger partial charge in [-0.15, -0.1) is 11.3 Å². The van der Waals surface area contributed by atoms with Crippen molar-refractivity contribution in [1.29, 1.82) is 0 Å². The Bertz CT molecular complexity index is 891. The summed E-state index contributed by atoms with van der Waals surface area (Å²) in [6.45, 7) is 5.51. The molecule has 0 unspecified atom stereocenters. The molecule has 0 atom stereocenters. The number of thiophene rings is 1. The van der Waals surface area contributed by atoms with E-state index in [1.165, 1.54) is 11.3 Å². The summed E-state index contributed by atoms with van der Waals surface area (Å²) in [7, 11) is 0. The molecule has 0 radical (unpaired) electrons. The maximum Gasteiger partial charge on any atom is 0.261 e. The molecule has 0 spiro atoms. The lowest BCUT2D eigenvalue weighted by Gasteiger charge is -2.36. The zero-order valence-corrected chi connectivity index (χ0v) is 18.5. The molecule has 0 bridgehead atoms. The molecule has 2 amide bonds. The number of nitrogens with zero attached hydrogens (tertiary/aromatic N) is 2. The van der Waals surface area contributed by atoms with Gasteiger partial charge in [0.1, 0.15) is 0 Å². The van der Waals surface area contributed by atoms with Gasteiger partial charge in [0.15, 0.2) is 0 Å². The molecule has 1 saturated heterocycles. The highest BCUT2D eigenvalue weighted by Gasteiger charge is 2.29. The number of halogens is 1. The maximum atomic E-state index is 12.3. The van der Waals surface area contributed by atoms with Crippen molar-refractivity contribution in [3.8, 4) is 0 Å². The van der Waals surface area contributed by atoms with Gasteiger partial charge in [0.2, 0.25) is 5.91 Å². The molecule has 1 aliphatic carbocycles. The van der Waals surface area contributed by atoms with E-state index in [2.05, 4.69) is 26.5 Å². The minimum absolute atomic E-state index is 0.0680. The smallest absolute Gasteiger partial charge is 0.261 e. The summed E-state index contributed by atoms with van der Waals surface area (Å²) in [5.41, 5.74) is 1.11. The van der Waals surface area contributed by atoms with Gasteiger partial charge in [-0.25, -0.2) is 0 Å². The second kappa shape index (κ2) is 9.81. The predicted molar refractivity (Wildman–Crippen MR) is 123 cm³/mol. The molecule has 4 rings (SSSR count). The number of anilines is 2. The van der Waals surface area contributed by atoms with Crippen molar-refractivity contribution in [1.82, 2.24) is 10.2 Å². The van der Waals surface area contributed by atoms with Crippen molar-refractivity contribution in [3.05, 3.63) is 46.3 Å². The minimum atomic E-state index is -0.0736. The molecule has 6 nitrogen and oxygen atoms in total. The number of amides is 2. The molecule has 2 aromatic rings. The lowest BCUT2D eigenvalue weighted by molar-refractivity contribution is -0.117.